The molecule has 3 heteroatoms. The van der Waals surface area contributed by atoms with Gasteiger partial charge in [0, 0.05) is 5.25 Å². The largest absolute Gasteiger partial charge is 0.176 e. The number of rotatable bonds is 2. The van der Waals surface area contributed by atoms with Crippen LogP contribution in [0.15, 0.2) is 0 Å². The summed E-state index contributed by atoms with van der Waals surface area (Å²) in [5.74, 6) is 6.11. The molecule has 0 radical (unpaired) electrons. The van der Waals surface area contributed by atoms with Gasteiger partial charge >= 0.3 is 0 Å². The highest BCUT2D eigenvalue weighted by Crippen LogP contribution is 2.47. The van der Waals surface area contributed by atoms with Crippen molar-refractivity contribution < 1.29 is 0 Å². The van der Waals surface area contributed by atoms with Crippen LogP contribution in [-0.4, -0.2) is 20.9 Å². The van der Waals surface area contributed by atoms with Crippen LogP contribution in [0.1, 0.15) is 77.0 Å². The van der Waals surface area contributed by atoms with E-state index in [0.29, 0.717) is 5.25 Å². The van der Waals surface area contributed by atoms with E-state index in [1.165, 1.54) is 70.6 Å². The second kappa shape index (κ2) is 8.04. The first-order chi connectivity index (χ1) is 10.6. The molecule has 7 unspecified atom stereocenters. The second-order valence-corrected chi connectivity index (χ2v) is 10.0. The van der Waals surface area contributed by atoms with Gasteiger partial charge in [0.25, 0.3) is 0 Å². The number of hydrogen-bond donors (Lipinski definition) is 1. The first-order valence-electron chi connectivity index (χ1n) is 10.3. The van der Waals surface area contributed by atoms with E-state index < -0.39 is 0 Å². The Morgan fingerprint density at radius 1 is 0.545 bits per heavy atom. The molecule has 0 heterocycles. The van der Waals surface area contributed by atoms with Crippen LogP contribution in [0.3, 0.4) is 0 Å². The van der Waals surface area contributed by atoms with Crippen molar-refractivity contribution in [3.63, 3.8) is 0 Å². The predicted octanol–water partition coefficient (Wildman–Crippen LogP) is 4.31. The van der Waals surface area contributed by atoms with Crippen molar-refractivity contribution in [2.75, 3.05) is 0 Å². The maximum absolute atomic E-state index is 4.80. The average Bonchev–Trinajstić information content (AvgIpc) is 2.69. The van der Waals surface area contributed by atoms with Crippen molar-refractivity contribution in [1.29, 1.82) is 0 Å². The van der Waals surface area contributed by atoms with Crippen LogP contribution < -0.4 is 0 Å². The summed E-state index contributed by atoms with van der Waals surface area (Å²) < 4.78 is 0. The highest BCUT2D eigenvalue weighted by molar-refractivity contribution is 7.80. The van der Waals surface area contributed by atoms with Gasteiger partial charge in [-0.3, -0.25) is 0 Å². The highest BCUT2D eigenvalue weighted by Gasteiger charge is 2.34. The molecular weight excluding hydrogens is 282 g/mol. The van der Waals surface area contributed by atoms with Gasteiger partial charge in [0.05, 0.1) is 0 Å². The highest BCUT2D eigenvalue weighted by atomic mass is 32.1. The Balaban J connectivity index is 1.57. The Hall–Kier alpha value is 0.480. The molecule has 3 fully saturated rings. The van der Waals surface area contributed by atoms with Gasteiger partial charge in [0.1, 0.15) is 15.7 Å². The van der Waals surface area contributed by atoms with E-state index in [9.17, 15) is 0 Å². The summed E-state index contributed by atoms with van der Waals surface area (Å²) in [5.41, 5.74) is 0. The van der Waals surface area contributed by atoms with E-state index in [0.717, 1.165) is 35.3 Å². The van der Waals surface area contributed by atoms with Gasteiger partial charge in [-0.05, 0) is 49.4 Å². The van der Waals surface area contributed by atoms with Crippen LogP contribution in [0, 0.1) is 23.7 Å². The van der Waals surface area contributed by atoms with E-state index in [1.807, 2.05) is 0 Å². The van der Waals surface area contributed by atoms with E-state index in [2.05, 4.69) is 15.7 Å². The first-order valence-corrected chi connectivity index (χ1v) is 10.8. The van der Waals surface area contributed by atoms with Crippen LogP contribution in [0.5, 0.6) is 0 Å². The van der Waals surface area contributed by atoms with Crippen LogP contribution in [0.2, 0.25) is 11.6 Å². The zero-order valence-electron chi connectivity index (χ0n) is 15.0. The molecule has 0 bridgehead atoms. The third kappa shape index (κ3) is 4.52. The second-order valence-electron chi connectivity index (χ2n) is 9.29. The van der Waals surface area contributed by atoms with Gasteiger partial charge in [0.2, 0.25) is 0 Å². The molecule has 0 aliphatic heterocycles. The Morgan fingerprint density at radius 3 is 1.64 bits per heavy atom. The van der Waals surface area contributed by atoms with Crippen molar-refractivity contribution in [2.24, 2.45) is 23.7 Å². The maximum Gasteiger partial charge on any atom is 0.105 e. The lowest BCUT2D eigenvalue weighted by Gasteiger charge is -2.34. The SMILES string of the molecule is BC1CCCC(C2CCC(C3CCCC(S)C3)CC(B)C2)C1. The summed E-state index contributed by atoms with van der Waals surface area (Å²) in [6.07, 6.45) is 17.9. The van der Waals surface area contributed by atoms with Gasteiger partial charge < -0.3 is 0 Å². The molecule has 7 atom stereocenters. The van der Waals surface area contributed by atoms with Gasteiger partial charge in [0.15, 0.2) is 0 Å². The molecule has 0 N–H and O–H groups in total. The summed E-state index contributed by atoms with van der Waals surface area (Å²) >= 11 is 4.80. The first kappa shape index (κ1) is 17.3. The molecule has 3 rings (SSSR count). The van der Waals surface area contributed by atoms with Gasteiger partial charge in [-0.1, -0.05) is 63.0 Å². The lowest BCUT2D eigenvalue weighted by Crippen LogP contribution is -2.24. The molecule has 0 saturated heterocycles. The summed E-state index contributed by atoms with van der Waals surface area (Å²) in [6, 6.07) is 0. The third-order valence-corrected chi connectivity index (χ3v) is 7.78. The number of thiol groups is 1. The van der Waals surface area contributed by atoms with E-state index in [4.69, 9.17) is 12.6 Å². The van der Waals surface area contributed by atoms with E-state index in [1.54, 1.807) is 6.42 Å². The standard InChI is InChI=1S/C19H36B2S/c20-17-5-1-3-13(9-17)15-7-8-16(11-18(21)10-15)14-4-2-6-19(22)12-14/h13-19,22H,1-12,20-21H2. The van der Waals surface area contributed by atoms with Crippen molar-refractivity contribution in [1.82, 2.24) is 0 Å². The molecule has 0 spiro atoms. The summed E-state index contributed by atoms with van der Waals surface area (Å²) in [4.78, 5) is 0. The molecular formula is C19H36B2S. The minimum absolute atomic E-state index is 0.701. The lowest BCUT2D eigenvalue weighted by molar-refractivity contribution is 0.208. The fourth-order valence-corrected chi connectivity index (χ4v) is 6.64. The van der Waals surface area contributed by atoms with Crippen molar-refractivity contribution >= 4 is 28.3 Å². The normalized spacial score (nSPS) is 47.8. The van der Waals surface area contributed by atoms with Gasteiger partial charge in [-0.2, -0.15) is 12.6 Å². The van der Waals surface area contributed by atoms with E-state index in [-0.39, 0.29) is 0 Å². The lowest BCUT2D eigenvalue weighted by atomic mass is 9.65. The monoisotopic (exact) mass is 318 g/mol. The third-order valence-electron chi connectivity index (χ3n) is 7.32. The Bertz CT molecular complexity index is 316. The smallest absolute Gasteiger partial charge is 0.105 e. The van der Waals surface area contributed by atoms with Crippen LogP contribution in [0.25, 0.3) is 0 Å². The van der Waals surface area contributed by atoms with Crippen LogP contribution >= 0.6 is 12.6 Å². The van der Waals surface area contributed by atoms with Gasteiger partial charge in [-0.15, -0.1) is 0 Å². The molecule has 0 aromatic heterocycles. The molecule has 0 nitrogen and oxygen atoms in total. The molecule has 3 aliphatic carbocycles. The summed E-state index contributed by atoms with van der Waals surface area (Å²) in [6.45, 7) is 0. The van der Waals surface area contributed by atoms with Crippen LogP contribution in [0.4, 0.5) is 0 Å². The Labute approximate surface area is 146 Å². The predicted molar refractivity (Wildman–Crippen MR) is 107 cm³/mol. The average molecular weight is 318 g/mol. The Morgan fingerprint density at radius 2 is 1.05 bits per heavy atom. The minimum Gasteiger partial charge on any atom is -0.176 e. The maximum atomic E-state index is 4.80. The number of hydrogen-bond acceptors (Lipinski definition) is 1. The van der Waals surface area contributed by atoms with Crippen molar-refractivity contribution in [3.05, 3.63) is 0 Å². The molecule has 124 valence electrons. The summed E-state index contributed by atoms with van der Waals surface area (Å²) in [7, 11) is 5.04. The molecule has 3 saturated carbocycles. The molecule has 0 aromatic rings. The Kier molecular flexibility index (Phi) is 6.32. The van der Waals surface area contributed by atoms with Crippen LogP contribution in [-0.2, 0) is 0 Å². The van der Waals surface area contributed by atoms with E-state index >= 15 is 0 Å². The molecule has 0 amide bonds. The van der Waals surface area contributed by atoms with Gasteiger partial charge in [-0.25, -0.2) is 0 Å². The fourth-order valence-electron chi connectivity index (χ4n) is 6.19. The zero-order valence-corrected chi connectivity index (χ0v) is 15.9. The molecule has 0 aromatic carbocycles. The van der Waals surface area contributed by atoms with Crippen molar-refractivity contribution in [2.45, 2.75) is 93.9 Å². The molecule has 3 aliphatic rings. The minimum atomic E-state index is 0.701. The fraction of sp³-hybridized carbons (Fsp3) is 1.00. The summed E-state index contributed by atoms with van der Waals surface area (Å²) in [5, 5.41) is 0.701. The van der Waals surface area contributed by atoms with Crippen molar-refractivity contribution in [3.8, 4) is 0 Å². The zero-order chi connectivity index (χ0) is 15.5. The quantitative estimate of drug-likeness (QED) is 0.438. The molecule has 22 heavy (non-hydrogen) atoms. The topological polar surface area (TPSA) is 0 Å².